The minimum Gasteiger partial charge on any atom is -0.378 e. The average molecular weight is 360 g/mol. The number of amidine groups is 1. The van der Waals surface area contributed by atoms with E-state index in [0.29, 0.717) is 10.5 Å². The topological polar surface area (TPSA) is 98.8 Å². The Kier molecular flexibility index (Phi) is 4.41. The summed E-state index contributed by atoms with van der Waals surface area (Å²) in [5, 5.41) is 0.154. The lowest BCUT2D eigenvalue weighted by Crippen LogP contribution is -2.10. The number of hydrogen-bond donors (Lipinski definition) is 1. The van der Waals surface area contributed by atoms with E-state index in [0.717, 1.165) is 11.8 Å². The molecule has 3 rings (SSSR count). The summed E-state index contributed by atoms with van der Waals surface area (Å²) >= 11 is 1.03. The van der Waals surface area contributed by atoms with Crippen molar-refractivity contribution in [2.45, 2.75) is 4.90 Å². The van der Waals surface area contributed by atoms with Crippen molar-refractivity contribution >= 4 is 39.0 Å². The van der Waals surface area contributed by atoms with E-state index in [4.69, 9.17) is 9.92 Å². The van der Waals surface area contributed by atoms with Crippen LogP contribution < -0.4 is 9.92 Å². The van der Waals surface area contributed by atoms with Gasteiger partial charge in [-0.2, -0.15) is 13.4 Å². The van der Waals surface area contributed by atoms with E-state index in [-0.39, 0.29) is 15.8 Å². The molecule has 1 aliphatic heterocycles. The van der Waals surface area contributed by atoms with E-state index in [2.05, 4.69) is 4.99 Å². The van der Waals surface area contributed by atoms with E-state index in [1.54, 1.807) is 36.4 Å². The van der Waals surface area contributed by atoms with Gasteiger partial charge in [0.2, 0.25) is 0 Å². The molecule has 0 unspecified atom stereocenters. The van der Waals surface area contributed by atoms with Crippen LogP contribution in [0.25, 0.3) is 6.08 Å². The summed E-state index contributed by atoms with van der Waals surface area (Å²) < 4.78 is 29.9. The first-order valence-corrected chi connectivity index (χ1v) is 9.05. The maximum atomic E-state index is 12.3. The molecule has 0 aromatic heterocycles. The highest BCUT2D eigenvalue weighted by Crippen LogP contribution is 2.30. The normalized spacial score (nSPS) is 16.2. The monoisotopic (exact) mass is 360 g/mol. The zero-order chi connectivity index (χ0) is 17.2. The van der Waals surface area contributed by atoms with Crippen molar-refractivity contribution in [1.82, 2.24) is 0 Å². The largest absolute Gasteiger partial charge is 0.378 e. The van der Waals surface area contributed by atoms with Crippen molar-refractivity contribution in [1.29, 1.82) is 0 Å². The number of nitrogens with zero attached hydrogens (tertiary/aromatic N) is 1. The van der Waals surface area contributed by atoms with Crippen LogP contribution in [-0.4, -0.2) is 19.5 Å². The quantitative estimate of drug-likeness (QED) is 0.664. The van der Waals surface area contributed by atoms with Gasteiger partial charge in [-0.25, -0.2) is 0 Å². The summed E-state index contributed by atoms with van der Waals surface area (Å²) in [7, 11) is -3.97. The molecule has 1 amide bonds. The Morgan fingerprint density at radius 1 is 1.04 bits per heavy atom. The molecular weight excluding hydrogens is 348 g/mol. The zero-order valence-electron chi connectivity index (χ0n) is 12.2. The lowest BCUT2D eigenvalue weighted by molar-refractivity contribution is -0.113. The highest BCUT2D eigenvalue weighted by molar-refractivity contribution is 8.18. The van der Waals surface area contributed by atoms with Crippen molar-refractivity contribution in [3.05, 3.63) is 65.1 Å². The molecule has 6 nitrogen and oxygen atoms in total. The predicted molar refractivity (Wildman–Crippen MR) is 92.9 cm³/mol. The zero-order valence-corrected chi connectivity index (χ0v) is 13.9. The molecule has 0 saturated carbocycles. The van der Waals surface area contributed by atoms with Gasteiger partial charge in [-0.15, -0.1) is 0 Å². The Morgan fingerprint density at radius 3 is 2.38 bits per heavy atom. The average Bonchev–Trinajstić information content (AvgIpc) is 2.87. The summed E-state index contributed by atoms with van der Waals surface area (Å²) in [5.74, 6) is -0.342. The molecule has 0 atom stereocenters. The molecule has 2 N–H and O–H groups in total. The Morgan fingerprint density at radius 2 is 1.71 bits per heavy atom. The van der Waals surface area contributed by atoms with Crippen molar-refractivity contribution in [3.8, 4) is 5.75 Å². The third-order valence-corrected chi connectivity index (χ3v) is 5.14. The van der Waals surface area contributed by atoms with E-state index >= 15 is 0 Å². The molecule has 2 aromatic rings. The maximum Gasteiger partial charge on any atom is 0.339 e. The summed E-state index contributed by atoms with van der Waals surface area (Å²) in [5.41, 5.74) is 5.95. The molecule has 0 bridgehead atoms. The molecule has 24 heavy (non-hydrogen) atoms. The molecule has 0 radical (unpaired) electrons. The first-order valence-electron chi connectivity index (χ1n) is 6.82. The highest BCUT2D eigenvalue weighted by atomic mass is 32.2. The standard InChI is InChI=1S/C16H12N2O4S2/c17-16-18-15(19)14(23-16)10-11-6-4-5-9-13(11)22-24(20,21)12-7-2-1-3-8-12/h1-10H,(H2,17,18,19)/b14-10+. The van der Waals surface area contributed by atoms with Crippen LogP contribution in [-0.2, 0) is 14.9 Å². The predicted octanol–water partition coefficient (Wildman–Crippen LogP) is 2.38. The van der Waals surface area contributed by atoms with Gasteiger partial charge in [-0.3, -0.25) is 4.79 Å². The van der Waals surface area contributed by atoms with E-state index in [9.17, 15) is 13.2 Å². The van der Waals surface area contributed by atoms with Crippen LogP contribution in [0.2, 0.25) is 0 Å². The fourth-order valence-corrected chi connectivity index (χ4v) is 3.64. The fraction of sp³-hybridized carbons (Fsp3) is 0. The number of amides is 1. The van der Waals surface area contributed by atoms with Crippen molar-refractivity contribution in [3.63, 3.8) is 0 Å². The second kappa shape index (κ2) is 6.50. The summed E-state index contributed by atoms with van der Waals surface area (Å²) in [6.45, 7) is 0. The van der Waals surface area contributed by atoms with Gasteiger partial charge in [0, 0.05) is 5.56 Å². The number of para-hydroxylation sites is 1. The number of benzene rings is 2. The van der Waals surface area contributed by atoms with E-state index < -0.39 is 16.0 Å². The summed E-state index contributed by atoms with van der Waals surface area (Å²) in [4.78, 5) is 15.7. The molecule has 1 heterocycles. The second-order valence-electron chi connectivity index (χ2n) is 4.75. The highest BCUT2D eigenvalue weighted by Gasteiger charge is 2.21. The Bertz CT molecular complexity index is 951. The van der Waals surface area contributed by atoms with Gasteiger partial charge in [0.25, 0.3) is 5.91 Å². The lowest BCUT2D eigenvalue weighted by Gasteiger charge is -2.09. The van der Waals surface area contributed by atoms with Crippen molar-refractivity contribution in [2.24, 2.45) is 10.7 Å². The molecule has 8 heteroatoms. The Labute approximate surface area is 143 Å². The number of carbonyl (C=O) groups is 1. The third kappa shape index (κ3) is 3.50. The molecule has 0 spiro atoms. The number of rotatable bonds is 4. The molecule has 1 aliphatic rings. The van der Waals surface area contributed by atoms with Gasteiger partial charge >= 0.3 is 10.1 Å². The molecule has 0 aliphatic carbocycles. The van der Waals surface area contributed by atoms with Gasteiger partial charge in [0.15, 0.2) is 5.17 Å². The van der Waals surface area contributed by atoms with E-state index in [1.807, 2.05) is 0 Å². The number of hydrogen-bond acceptors (Lipinski definition) is 6. The first kappa shape index (κ1) is 16.3. The lowest BCUT2D eigenvalue weighted by atomic mass is 10.2. The van der Waals surface area contributed by atoms with Crippen LogP contribution in [0.5, 0.6) is 5.75 Å². The second-order valence-corrected chi connectivity index (χ2v) is 7.36. The van der Waals surface area contributed by atoms with Gasteiger partial charge in [-0.05, 0) is 36.0 Å². The number of carbonyl (C=O) groups excluding carboxylic acids is 1. The van der Waals surface area contributed by atoms with Crippen LogP contribution in [0.1, 0.15) is 5.56 Å². The molecule has 0 saturated heterocycles. The maximum absolute atomic E-state index is 12.3. The minimum atomic E-state index is -3.97. The van der Waals surface area contributed by atoms with E-state index in [1.165, 1.54) is 24.3 Å². The smallest absolute Gasteiger partial charge is 0.339 e. The first-order chi connectivity index (χ1) is 11.5. The van der Waals surface area contributed by atoms with Crippen LogP contribution in [0.15, 0.2) is 69.4 Å². The fourth-order valence-electron chi connectivity index (χ4n) is 2.00. The van der Waals surface area contributed by atoms with Crippen LogP contribution in [0.3, 0.4) is 0 Å². The summed E-state index contributed by atoms with van der Waals surface area (Å²) in [6.07, 6.45) is 1.51. The van der Waals surface area contributed by atoms with Gasteiger partial charge in [-0.1, -0.05) is 36.4 Å². The molecule has 2 aromatic carbocycles. The molecule has 0 fully saturated rings. The van der Waals surface area contributed by atoms with Gasteiger partial charge in [0.05, 0.1) is 4.91 Å². The Balaban J connectivity index is 1.94. The van der Waals surface area contributed by atoms with Gasteiger partial charge < -0.3 is 9.92 Å². The molecule has 122 valence electrons. The third-order valence-electron chi connectivity index (χ3n) is 3.07. The van der Waals surface area contributed by atoms with Crippen molar-refractivity contribution < 1.29 is 17.4 Å². The molecular formula is C16H12N2O4S2. The van der Waals surface area contributed by atoms with Gasteiger partial charge in [0.1, 0.15) is 10.6 Å². The summed E-state index contributed by atoms with van der Waals surface area (Å²) in [6, 6.07) is 14.3. The number of aliphatic imine (C=N–C) groups is 1. The minimum absolute atomic E-state index is 0.0475. The van der Waals surface area contributed by atoms with Crippen LogP contribution in [0, 0.1) is 0 Å². The van der Waals surface area contributed by atoms with Crippen LogP contribution in [0.4, 0.5) is 0 Å². The van der Waals surface area contributed by atoms with Crippen molar-refractivity contribution in [2.75, 3.05) is 0 Å². The SMILES string of the molecule is NC1=NC(=O)/C(=C\c2ccccc2OS(=O)(=O)c2ccccc2)S1. The number of thioether (sulfide) groups is 1. The number of nitrogens with two attached hydrogens (primary N) is 1. The Hall–Kier alpha value is -2.58. The van der Waals surface area contributed by atoms with Crippen LogP contribution >= 0.6 is 11.8 Å².